The molecule has 1 heterocycles. The third-order valence-electron chi connectivity index (χ3n) is 6.26. The van der Waals surface area contributed by atoms with Crippen molar-refractivity contribution in [3.8, 4) is 0 Å². The maximum atomic E-state index is 13.5. The lowest BCUT2D eigenvalue weighted by Gasteiger charge is -2.38. The summed E-state index contributed by atoms with van der Waals surface area (Å²) in [7, 11) is 1.31. The summed E-state index contributed by atoms with van der Waals surface area (Å²) in [5.41, 5.74) is -0.179. The van der Waals surface area contributed by atoms with Crippen LogP contribution in [0.15, 0.2) is 58.0 Å². The number of ketones is 2. The van der Waals surface area contributed by atoms with E-state index < -0.39 is 35.1 Å². The van der Waals surface area contributed by atoms with Crippen LogP contribution in [0.3, 0.4) is 0 Å². The molecule has 0 aromatic heterocycles. The van der Waals surface area contributed by atoms with Crippen LogP contribution in [-0.4, -0.2) is 47.2 Å². The number of allylic oxidation sites excluding steroid dienone is 6. The minimum absolute atomic E-state index is 0.0880. The lowest BCUT2D eigenvalue weighted by atomic mass is 9.79. The average molecular weight is 518 g/mol. The molecule has 0 amide bonds. The van der Waals surface area contributed by atoms with Crippen molar-refractivity contribution in [3.63, 3.8) is 0 Å². The van der Waals surface area contributed by atoms with Gasteiger partial charge in [-0.3, -0.25) is 14.4 Å². The Balaban J connectivity index is 2.73. The summed E-state index contributed by atoms with van der Waals surface area (Å²) in [6.07, 6.45) is 10.4. The minimum atomic E-state index is -2.08. The van der Waals surface area contributed by atoms with Crippen LogP contribution >= 0.6 is 11.6 Å². The zero-order valence-corrected chi connectivity index (χ0v) is 23.1. The molecule has 0 aromatic rings. The molecule has 0 spiro atoms. The summed E-state index contributed by atoms with van der Waals surface area (Å²) in [5.74, 6) is -2.20. The van der Waals surface area contributed by atoms with Gasteiger partial charge in [-0.25, -0.2) is 4.79 Å². The number of hydrogen-bond donors (Lipinski definition) is 0. The summed E-state index contributed by atoms with van der Waals surface area (Å²) in [6.45, 7) is 12.5. The number of Topliss-reactive ketones (excluding diaryl/α,β-unsaturated/α-hetero) is 2. The van der Waals surface area contributed by atoms with Crippen LogP contribution in [0, 0.1) is 11.8 Å². The second-order valence-corrected chi connectivity index (χ2v) is 10.2. The molecule has 1 aliphatic heterocycles. The maximum Gasteiger partial charge on any atom is 0.328 e. The largest absolute Gasteiger partial charge is 0.467 e. The normalized spacial score (nSPS) is 22.4. The van der Waals surface area contributed by atoms with Crippen LogP contribution in [0.2, 0.25) is 0 Å². The van der Waals surface area contributed by atoms with E-state index in [1.807, 2.05) is 32.9 Å². The van der Waals surface area contributed by atoms with Gasteiger partial charge in [0.15, 0.2) is 0 Å². The minimum Gasteiger partial charge on any atom is -0.467 e. The van der Waals surface area contributed by atoms with Gasteiger partial charge in [0, 0.05) is 30.0 Å². The van der Waals surface area contributed by atoms with Crippen LogP contribution in [0.25, 0.3) is 0 Å². The van der Waals surface area contributed by atoms with Gasteiger partial charge in [-0.15, -0.1) is 0 Å². The molecule has 8 heteroatoms. The van der Waals surface area contributed by atoms with Gasteiger partial charge in [-0.1, -0.05) is 63.4 Å². The molecule has 0 bridgehead atoms. The van der Waals surface area contributed by atoms with Gasteiger partial charge in [0.1, 0.15) is 6.04 Å². The van der Waals surface area contributed by atoms with Gasteiger partial charge in [0.05, 0.1) is 12.1 Å². The molecule has 0 radical (unpaired) electrons. The number of halogens is 1. The van der Waals surface area contributed by atoms with Crippen LogP contribution in [0.1, 0.15) is 61.3 Å². The zero-order chi connectivity index (χ0) is 27.4. The Morgan fingerprint density at radius 1 is 1.17 bits per heavy atom. The molecule has 0 unspecified atom stereocenters. The highest BCUT2D eigenvalue weighted by Crippen LogP contribution is 2.40. The van der Waals surface area contributed by atoms with E-state index in [-0.39, 0.29) is 22.1 Å². The maximum absolute atomic E-state index is 13.5. The first kappa shape index (κ1) is 29.3. The molecule has 2 rings (SSSR count). The van der Waals surface area contributed by atoms with E-state index >= 15 is 0 Å². The molecule has 2 aliphatic rings. The van der Waals surface area contributed by atoms with Crippen molar-refractivity contribution in [1.82, 2.24) is 4.90 Å². The van der Waals surface area contributed by atoms with E-state index in [9.17, 15) is 19.2 Å². The second kappa shape index (κ2) is 11.9. The molecule has 0 aromatic carbocycles. The number of nitrogens with zero attached hydrogens (tertiary/aromatic N) is 1. The molecule has 3 atom stereocenters. The van der Waals surface area contributed by atoms with Crippen LogP contribution < -0.4 is 0 Å². The van der Waals surface area contributed by atoms with Crippen LogP contribution in [0.4, 0.5) is 0 Å². The summed E-state index contributed by atoms with van der Waals surface area (Å²) < 4.78 is 10.2. The fourth-order valence-corrected chi connectivity index (χ4v) is 4.50. The van der Waals surface area contributed by atoms with Gasteiger partial charge < -0.3 is 14.4 Å². The Hall–Kier alpha value is -2.93. The first-order valence-electron chi connectivity index (χ1n) is 12.1. The van der Waals surface area contributed by atoms with Crippen molar-refractivity contribution >= 4 is 35.1 Å². The van der Waals surface area contributed by atoms with E-state index in [0.717, 1.165) is 18.9 Å². The lowest BCUT2D eigenvalue weighted by Crippen LogP contribution is -2.52. The fourth-order valence-electron chi connectivity index (χ4n) is 4.17. The molecule has 36 heavy (non-hydrogen) atoms. The number of carbonyl (C=O) groups excluding carboxylic acids is 4. The molecule has 0 saturated heterocycles. The average Bonchev–Trinajstić information content (AvgIpc) is 2.82. The number of hydrogen-bond acceptors (Lipinski definition) is 7. The number of carbonyl (C=O) groups is 4. The number of esters is 2. The first-order valence-corrected chi connectivity index (χ1v) is 12.5. The fraction of sp³-hybridized carbons (Fsp3) is 0.500. The summed E-state index contributed by atoms with van der Waals surface area (Å²) in [4.78, 5) is 52.7. The Labute approximate surface area is 218 Å². The number of methoxy groups -OCH3 is 1. The summed E-state index contributed by atoms with van der Waals surface area (Å²) in [5, 5.41) is -0.208. The van der Waals surface area contributed by atoms with Gasteiger partial charge in [-0.05, 0) is 44.3 Å². The smallest absolute Gasteiger partial charge is 0.328 e. The third-order valence-corrected chi connectivity index (χ3v) is 6.63. The van der Waals surface area contributed by atoms with E-state index in [4.69, 9.17) is 21.1 Å². The number of rotatable bonds is 9. The predicted molar refractivity (Wildman–Crippen MR) is 139 cm³/mol. The SMILES string of the molecule is CC[C@H](C)/C=C(C)\C=C\C1=CC2=C(Cl)C(=O)[C@@](C)(OC(C)=O)C(=O)C2=CN1[C@H](CC(C)C)C(=O)OC. The molecule has 0 N–H and O–H groups in total. The number of ether oxygens (including phenoxy) is 2. The Morgan fingerprint density at radius 2 is 1.81 bits per heavy atom. The van der Waals surface area contributed by atoms with Crippen molar-refractivity contribution in [2.75, 3.05) is 7.11 Å². The van der Waals surface area contributed by atoms with Crippen LogP contribution in [0.5, 0.6) is 0 Å². The van der Waals surface area contributed by atoms with E-state index in [2.05, 4.69) is 19.9 Å². The summed E-state index contributed by atoms with van der Waals surface area (Å²) >= 11 is 6.45. The van der Waals surface area contributed by atoms with Crippen molar-refractivity contribution in [1.29, 1.82) is 0 Å². The van der Waals surface area contributed by atoms with Gasteiger partial charge in [0.25, 0.3) is 0 Å². The van der Waals surface area contributed by atoms with Crippen molar-refractivity contribution in [3.05, 3.63) is 58.0 Å². The van der Waals surface area contributed by atoms with Gasteiger partial charge in [0.2, 0.25) is 17.2 Å². The summed E-state index contributed by atoms with van der Waals surface area (Å²) in [6, 6.07) is -0.733. The molecular weight excluding hydrogens is 482 g/mol. The lowest BCUT2D eigenvalue weighted by molar-refractivity contribution is -0.167. The Bertz CT molecular complexity index is 1090. The van der Waals surface area contributed by atoms with E-state index in [1.165, 1.54) is 20.2 Å². The zero-order valence-electron chi connectivity index (χ0n) is 22.3. The van der Waals surface area contributed by atoms with Crippen molar-refractivity contribution in [2.24, 2.45) is 11.8 Å². The highest BCUT2D eigenvalue weighted by molar-refractivity contribution is 6.49. The monoisotopic (exact) mass is 517 g/mol. The second-order valence-electron chi connectivity index (χ2n) is 9.83. The molecule has 0 saturated carbocycles. The van der Waals surface area contributed by atoms with Gasteiger partial charge >= 0.3 is 11.9 Å². The highest BCUT2D eigenvalue weighted by atomic mass is 35.5. The Morgan fingerprint density at radius 3 is 2.33 bits per heavy atom. The van der Waals surface area contributed by atoms with Crippen LogP contribution in [-0.2, 0) is 28.7 Å². The first-order chi connectivity index (χ1) is 16.8. The number of fused-ring (bicyclic) bond motifs is 1. The quantitative estimate of drug-likeness (QED) is 0.236. The standard InChI is InChI=1S/C28H36ClNO6/c1-9-17(4)13-18(5)10-11-20-14-21-22(15-30(20)23(12-16(2)3)27(34)35-8)25(32)28(7,36-19(6)31)26(33)24(21)29/h10-11,13-17,23H,9,12H2,1-8H3/b11-10+,18-13-/t17-,23+,28-/m0/s1. The molecule has 1 aliphatic carbocycles. The molecular formula is C28H36ClNO6. The molecule has 7 nitrogen and oxygen atoms in total. The van der Waals surface area contributed by atoms with Crippen molar-refractivity contribution < 1.29 is 28.7 Å². The molecule has 196 valence electrons. The Kier molecular flexibility index (Phi) is 9.66. The molecule has 0 fully saturated rings. The predicted octanol–water partition coefficient (Wildman–Crippen LogP) is 5.17. The van der Waals surface area contributed by atoms with Crippen molar-refractivity contribution in [2.45, 2.75) is 73.0 Å². The van der Waals surface area contributed by atoms with Gasteiger partial charge in [-0.2, -0.15) is 0 Å². The van der Waals surface area contributed by atoms with E-state index in [1.54, 1.807) is 11.0 Å². The topological polar surface area (TPSA) is 90.0 Å². The third kappa shape index (κ3) is 6.25. The highest BCUT2D eigenvalue weighted by Gasteiger charge is 2.52. The van der Waals surface area contributed by atoms with E-state index in [0.29, 0.717) is 18.0 Å².